The van der Waals surface area contributed by atoms with Crippen LogP contribution in [0.5, 0.6) is 5.75 Å². The summed E-state index contributed by atoms with van der Waals surface area (Å²) in [7, 11) is 1.58. The average molecular weight is 428 g/mol. The number of benzene rings is 2. The second-order valence-corrected chi connectivity index (χ2v) is 6.69. The Morgan fingerprint density at radius 3 is 2.63 bits per heavy atom. The number of nitrogens with one attached hydrogen (secondary N) is 2. The Kier molecular flexibility index (Phi) is 6.03. The first-order chi connectivity index (χ1) is 13.1. The van der Waals surface area contributed by atoms with Crippen molar-refractivity contribution in [1.82, 2.24) is 10.3 Å². The molecular formula is C20H18BrN3O3. The van der Waals surface area contributed by atoms with E-state index in [1.807, 2.05) is 6.07 Å². The molecule has 27 heavy (non-hydrogen) atoms. The van der Waals surface area contributed by atoms with Gasteiger partial charge in [-0.15, -0.1) is 0 Å². The molecule has 0 saturated carbocycles. The van der Waals surface area contributed by atoms with Crippen LogP contribution in [0.4, 0.5) is 5.69 Å². The van der Waals surface area contributed by atoms with Crippen LogP contribution < -0.4 is 15.4 Å². The van der Waals surface area contributed by atoms with Crippen molar-refractivity contribution in [2.24, 2.45) is 0 Å². The van der Waals surface area contributed by atoms with E-state index in [4.69, 9.17) is 4.74 Å². The summed E-state index contributed by atoms with van der Waals surface area (Å²) < 4.78 is 6.20. The number of methoxy groups -OCH3 is 1. The van der Waals surface area contributed by atoms with E-state index in [-0.39, 0.29) is 24.8 Å². The van der Waals surface area contributed by atoms with Crippen molar-refractivity contribution in [3.8, 4) is 5.75 Å². The summed E-state index contributed by atoms with van der Waals surface area (Å²) in [5.41, 5.74) is 1.88. The smallest absolute Gasteiger partial charge is 0.251 e. The molecule has 0 saturated heterocycles. The van der Waals surface area contributed by atoms with Gasteiger partial charge >= 0.3 is 0 Å². The quantitative estimate of drug-likeness (QED) is 0.627. The van der Waals surface area contributed by atoms with Gasteiger partial charge in [0.25, 0.3) is 5.91 Å². The van der Waals surface area contributed by atoms with Crippen molar-refractivity contribution in [2.75, 3.05) is 19.0 Å². The van der Waals surface area contributed by atoms with E-state index in [2.05, 4.69) is 31.5 Å². The molecule has 3 rings (SSSR count). The van der Waals surface area contributed by atoms with Gasteiger partial charge in [0.2, 0.25) is 5.91 Å². The van der Waals surface area contributed by atoms with E-state index >= 15 is 0 Å². The molecule has 2 N–H and O–H groups in total. The first-order valence-corrected chi connectivity index (χ1v) is 9.13. The number of rotatable bonds is 6. The molecule has 3 aromatic rings. The lowest BCUT2D eigenvalue weighted by molar-refractivity contribution is -0.116. The van der Waals surface area contributed by atoms with Crippen molar-refractivity contribution in [2.45, 2.75) is 6.42 Å². The van der Waals surface area contributed by atoms with Crippen LogP contribution in [-0.4, -0.2) is 30.5 Å². The maximum absolute atomic E-state index is 12.3. The highest BCUT2D eigenvalue weighted by Gasteiger charge is 2.11. The Hall–Kier alpha value is -2.93. The molecule has 0 bridgehead atoms. The fourth-order valence-corrected chi connectivity index (χ4v) is 2.89. The molecule has 1 heterocycles. The van der Waals surface area contributed by atoms with Crippen LogP contribution in [-0.2, 0) is 4.79 Å². The Balaban J connectivity index is 1.59. The van der Waals surface area contributed by atoms with E-state index in [9.17, 15) is 9.59 Å². The molecule has 1 aromatic heterocycles. The Bertz CT molecular complexity index is 974. The van der Waals surface area contributed by atoms with Crippen molar-refractivity contribution < 1.29 is 14.3 Å². The van der Waals surface area contributed by atoms with Crippen LogP contribution in [0.25, 0.3) is 10.9 Å². The van der Waals surface area contributed by atoms with E-state index < -0.39 is 0 Å². The molecule has 0 fully saturated rings. The van der Waals surface area contributed by atoms with Gasteiger partial charge in [0, 0.05) is 34.6 Å². The largest absolute Gasteiger partial charge is 0.494 e. The normalized spacial score (nSPS) is 10.4. The van der Waals surface area contributed by atoms with Gasteiger partial charge in [0.1, 0.15) is 11.3 Å². The van der Waals surface area contributed by atoms with Gasteiger partial charge in [-0.25, -0.2) is 0 Å². The summed E-state index contributed by atoms with van der Waals surface area (Å²) in [4.78, 5) is 28.6. The van der Waals surface area contributed by atoms with Gasteiger partial charge in [0.15, 0.2) is 0 Å². The van der Waals surface area contributed by atoms with Gasteiger partial charge in [0.05, 0.1) is 12.8 Å². The van der Waals surface area contributed by atoms with E-state index in [1.165, 1.54) is 0 Å². The fraction of sp³-hybridized carbons (Fsp3) is 0.150. The number of carbonyl (C=O) groups excluding carboxylic acids is 2. The first kappa shape index (κ1) is 18.8. The minimum atomic E-state index is -0.214. The number of fused-ring (bicyclic) bond motifs is 1. The molecule has 0 aliphatic heterocycles. The summed E-state index contributed by atoms with van der Waals surface area (Å²) >= 11 is 3.33. The molecule has 138 valence electrons. The number of nitrogens with zero attached hydrogens (tertiary/aromatic N) is 1. The van der Waals surface area contributed by atoms with Crippen molar-refractivity contribution in [1.29, 1.82) is 0 Å². The zero-order chi connectivity index (χ0) is 19.2. The third-order valence-electron chi connectivity index (χ3n) is 3.97. The molecule has 6 nitrogen and oxygen atoms in total. The van der Waals surface area contributed by atoms with Gasteiger partial charge in [-0.3, -0.25) is 14.6 Å². The molecule has 0 spiro atoms. The van der Waals surface area contributed by atoms with Crippen LogP contribution in [0.1, 0.15) is 16.8 Å². The lowest BCUT2D eigenvalue weighted by Crippen LogP contribution is -2.27. The highest BCUT2D eigenvalue weighted by atomic mass is 79.9. The van der Waals surface area contributed by atoms with E-state index in [1.54, 1.807) is 55.8 Å². The van der Waals surface area contributed by atoms with Gasteiger partial charge in [-0.05, 0) is 48.5 Å². The van der Waals surface area contributed by atoms with E-state index in [0.29, 0.717) is 22.5 Å². The highest BCUT2D eigenvalue weighted by molar-refractivity contribution is 9.10. The topological polar surface area (TPSA) is 80.3 Å². The average Bonchev–Trinajstić information content (AvgIpc) is 2.68. The van der Waals surface area contributed by atoms with E-state index in [0.717, 1.165) is 9.86 Å². The third-order valence-corrected chi connectivity index (χ3v) is 4.50. The first-order valence-electron chi connectivity index (χ1n) is 8.34. The number of carbonyl (C=O) groups is 2. The number of hydrogen-bond donors (Lipinski definition) is 2. The van der Waals surface area contributed by atoms with Crippen molar-refractivity contribution in [3.63, 3.8) is 0 Å². The van der Waals surface area contributed by atoms with Crippen LogP contribution in [0.15, 0.2) is 59.2 Å². The molecule has 2 amide bonds. The second kappa shape index (κ2) is 8.64. The standard InChI is InChI=1S/C20H18BrN3O3/c1-27-17-9-8-16(15-3-2-11-22-19(15)17)24-18(25)10-12-23-20(26)13-4-6-14(21)7-5-13/h2-9,11H,10,12H2,1H3,(H,23,26)(H,24,25). The Morgan fingerprint density at radius 2 is 1.89 bits per heavy atom. The summed E-state index contributed by atoms with van der Waals surface area (Å²) in [6, 6.07) is 14.2. The lowest BCUT2D eigenvalue weighted by Gasteiger charge is -2.11. The Labute approximate surface area is 165 Å². The minimum absolute atomic E-state index is 0.163. The number of halogens is 1. The third kappa shape index (κ3) is 4.62. The number of anilines is 1. The molecule has 2 aromatic carbocycles. The van der Waals surface area contributed by atoms with Crippen molar-refractivity contribution in [3.05, 3.63) is 64.8 Å². The molecule has 0 aliphatic rings. The van der Waals surface area contributed by atoms with Gasteiger partial charge < -0.3 is 15.4 Å². The zero-order valence-corrected chi connectivity index (χ0v) is 16.2. The second-order valence-electron chi connectivity index (χ2n) is 5.78. The highest BCUT2D eigenvalue weighted by Crippen LogP contribution is 2.29. The molecule has 0 radical (unpaired) electrons. The number of aromatic nitrogens is 1. The summed E-state index contributed by atoms with van der Waals surface area (Å²) in [5, 5.41) is 6.40. The Morgan fingerprint density at radius 1 is 1.11 bits per heavy atom. The van der Waals surface area contributed by atoms with Gasteiger partial charge in [-0.1, -0.05) is 15.9 Å². The fourth-order valence-electron chi connectivity index (χ4n) is 2.63. The maximum Gasteiger partial charge on any atom is 0.251 e. The monoisotopic (exact) mass is 427 g/mol. The SMILES string of the molecule is COc1ccc(NC(=O)CCNC(=O)c2ccc(Br)cc2)c2cccnc12. The molecule has 0 atom stereocenters. The molecule has 0 unspecified atom stereocenters. The number of ether oxygens (including phenoxy) is 1. The number of amides is 2. The summed E-state index contributed by atoms with van der Waals surface area (Å²) in [6.07, 6.45) is 1.84. The summed E-state index contributed by atoms with van der Waals surface area (Å²) in [5.74, 6) is 0.237. The van der Waals surface area contributed by atoms with Crippen LogP contribution in [0.3, 0.4) is 0 Å². The minimum Gasteiger partial charge on any atom is -0.494 e. The molecular weight excluding hydrogens is 410 g/mol. The van der Waals surface area contributed by atoms with Gasteiger partial charge in [-0.2, -0.15) is 0 Å². The number of pyridine rings is 1. The van der Waals surface area contributed by atoms with Crippen LogP contribution in [0.2, 0.25) is 0 Å². The predicted octanol–water partition coefficient (Wildman–Crippen LogP) is 3.76. The maximum atomic E-state index is 12.3. The number of hydrogen-bond acceptors (Lipinski definition) is 4. The zero-order valence-electron chi connectivity index (χ0n) is 14.7. The molecule has 7 heteroatoms. The van der Waals surface area contributed by atoms with Crippen LogP contribution in [0, 0.1) is 0 Å². The van der Waals surface area contributed by atoms with Crippen molar-refractivity contribution >= 4 is 44.3 Å². The molecule has 0 aliphatic carbocycles. The predicted molar refractivity (Wildman–Crippen MR) is 108 cm³/mol. The lowest BCUT2D eigenvalue weighted by atomic mass is 10.1. The summed E-state index contributed by atoms with van der Waals surface area (Å²) in [6.45, 7) is 0.243. The van der Waals surface area contributed by atoms with Crippen LogP contribution >= 0.6 is 15.9 Å².